The molecular weight excluding hydrogens is 246 g/mol. The summed E-state index contributed by atoms with van der Waals surface area (Å²) in [5.41, 5.74) is 2.39. The van der Waals surface area contributed by atoms with Crippen LogP contribution < -0.4 is 5.32 Å². The van der Waals surface area contributed by atoms with E-state index in [2.05, 4.69) is 15.3 Å². The molecule has 2 aromatic rings. The summed E-state index contributed by atoms with van der Waals surface area (Å²) in [6.07, 6.45) is 4.37. The Bertz CT molecular complexity index is 589. The van der Waals surface area contributed by atoms with E-state index in [-0.39, 0.29) is 0 Å². The summed E-state index contributed by atoms with van der Waals surface area (Å²) in [5, 5.41) is 3.31. The van der Waals surface area contributed by atoms with Crippen LogP contribution in [0.15, 0.2) is 22.8 Å². The minimum Gasteiger partial charge on any atom is -0.469 e. The Labute approximate surface area is 110 Å². The second-order valence-electron chi connectivity index (χ2n) is 4.45. The summed E-state index contributed by atoms with van der Waals surface area (Å²) in [7, 11) is 0. The topological polar surface area (TPSA) is 53.9 Å². The SMILES string of the molecule is S=c1nc(CCc2ccco2)[nH]c2c1CNCC2. The molecule has 0 aromatic carbocycles. The summed E-state index contributed by atoms with van der Waals surface area (Å²) >= 11 is 5.35. The Hall–Kier alpha value is -1.46. The van der Waals surface area contributed by atoms with Gasteiger partial charge in [0.15, 0.2) is 0 Å². The fraction of sp³-hybridized carbons (Fsp3) is 0.385. The molecule has 0 radical (unpaired) electrons. The number of hydrogen-bond acceptors (Lipinski definition) is 4. The van der Waals surface area contributed by atoms with Crippen LogP contribution in [0.1, 0.15) is 22.8 Å². The van der Waals surface area contributed by atoms with Crippen molar-refractivity contribution in [3.63, 3.8) is 0 Å². The number of aryl methyl sites for hydroxylation is 2. The summed E-state index contributed by atoms with van der Waals surface area (Å²) in [6.45, 7) is 1.83. The van der Waals surface area contributed by atoms with Crippen LogP contribution in [0.5, 0.6) is 0 Å². The van der Waals surface area contributed by atoms with Crippen molar-refractivity contribution in [3.8, 4) is 0 Å². The molecule has 0 amide bonds. The van der Waals surface area contributed by atoms with Gasteiger partial charge in [-0.3, -0.25) is 0 Å². The van der Waals surface area contributed by atoms with Crippen LogP contribution in [0.3, 0.4) is 0 Å². The lowest BCUT2D eigenvalue weighted by molar-refractivity contribution is 0.505. The van der Waals surface area contributed by atoms with Crippen LogP contribution in [-0.4, -0.2) is 16.5 Å². The molecule has 0 spiro atoms. The van der Waals surface area contributed by atoms with Crippen LogP contribution >= 0.6 is 12.2 Å². The monoisotopic (exact) mass is 261 g/mol. The standard InChI is InChI=1S/C13H15N3OS/c18-13-10-8-14-6-5-11(10)15-12(16-13)4-3-9-2-1-7-17-9/h1-2,7,14H,3-6,8H2,(H,15,16,18). The first-order chi connectivity index (χ1) is 8.83. The molecule has 0 bridgehead atoms. The van der Waals surface area contributed by atoms with Gasteiger partial charge < -0.3 is 14.7 Å². The van der Waals surface area contributed by atoms with E-state index in [9.17, 15) is 0 Å². The maximum atomic E-state index is 5.35. The molecule has 5 heteroatoms. The average molecular weight is 261 g/mol. The van der Waals surface area contributed by atoms with Crippen LogP contribution in [0.4, 0.5) is 0 Å². The van der Waals surface area contributed by atoms with Crippen molar-refractivity contribution in [2.75, 3.05) is 6.54 Å². The zero-order valence-electron chi connectivity index (χ0n) is 10.0. The average Bonchev–Trinajstić information content (AvgIpc) is 2.90. The maximum absolute atomic E-state index is 5.35. The second-order valence-corrected chi connectivity index (χ2v) is 4.84. The molecule has 1 aliphatic rings. The van der Waals surface area contributed by atoms with Crippen molar-refractivity contribution < 1.29 is 4.42 Å². The van der Waals surface area contributed by atoms with E-state index in [4.69, 9.17) is 16.6 Å². The zero-order chi connectivity index (χ0) is 12.4. The third-order valence-corrected chi connectivity index (χ3v) is 3.53. The summed E-state index contributed by atoms with van der Waals surface area (Å²) in [4.78, 5) is 7.87. The number of nitrogens with zero attached hydrogens (tertiary/aromatic N) is 1. The van der Waals surface area contributed by atoms with Crippen molar-refractivity contribution in [3.05, 3.63) is 45.9 Å². The predicted octanol–water partition coefficient (Wildman–Crippen LogP) is 2.16. The van der Waals surface area contributed by atoms with Gasteiger partial charge in [0.25, 0.3) is 0 Å². The molecule has 4 nitrogen and oxygen atoms in total. The van der Waals surface area contributed by atoms with Crippen molar-refractivity contribution in [2.45, 2.75) is 25.8 Å². The Morgan fingerprint density at radius 1 is 1.39 bits per heavy atom. The number of nitrogens with one attached hydrogen (secondary N) is 2. The third-order valence-electron chi connectivity index (χ3n) is 3.20. The van der Waals surface area contributed by atoms with E-state index in [1.54, 1.807) is 6.26 Å². The smallest absolute Gasteiger partial charge is 0.134 e. The van der Waals surface area contributed by atoms with Crippen LogP contribution in [0.25, 0.3) is 0 Å². The molecule has 3 rings (SSSR count). The normalized spacial score (nSPS) is 14.4. The largest absolute Gasteiger partial charge is 0.469 e. The van der Waals surface area contributed by atoms with Gasteiger partial charge >= 0.3 is 0 Å². The summed E-state index contributed by atoms with van der Waals surface area (Å²) < 4.78 is 6.05. The molecule has 1 aliphatic heterocycles. The molecule has 0 saturated heterocycles. The van der Waals surface area contributed by atoms with Gasteiger partial charge in [-0.15, -0.1) is 0 Å². The lowest BCUT2D eigenvalue weighted by Crippen LogP contribution is -2.26. The highest BCUT2D eigenvalue weighted by Gasteiger charge is 2.12. The number of rotatable bonds is 3. The quantitative estimate of drug-likeness (QED) is 0.831. The number of fused-ring (bicyclic) bond motifs is 1. The molecule has 0 aliphatic carbocycles. The molecule has 0 fully saturated rings. The molecule has 0 saturated carbocycles. The fourth-order valence-electron chi connectivity index (χ4n) is 2.23. The zero-order valence-corrected chi connectivity index (χ0v) is 10.8. The van der Waals surface area contributed by atoms with E-state index in [0.717, 1.165) is 54.1 Å². The number of aromatic amines is 1. The first-order valence-electron chi connectivity index (χ1n) is 6.17. The van der Waals surface area contributed by atoms with Crippen molar-refractivity contribution >= 4 is 12.2 Å². The Morgan fingerprint density at radius 3 is 3.17 bits per heavy atom. The molecule has 0 unspecified atom stereocenters. The van der Waals surface area contributed by atoms with Gasteiger partial charge in [0.05, 0.1) is 6.26 Å². The van der Waals surface area contributed by atoms with Crippen molar-refractivity contribution in [1.82, 2.24) is 15.3 Å². The highest BCUT2D eigenvalue weighted by atomic mass is 32.1. The number of furan rings is 1. The van der Waals surface area contributed by atoms with Gasteiger partial charge in [0.1, 0.15) is 16.2 Å². The Balaban J connectivity index is 1.80. The summed E-state index contributed by atoms with van der Waals surface area (Å²) in [5.74, 6) is 1.94. The van der Waals surface area contributed by atoms with E-state index in [0.29, 0.717) is 0 Å². The maximum Gasteiger partial charge on any atom is 0.134 e. The first kappa shape index (κ1) is 11.6. The van der Waals surface area contributed by atoms with E-state index < -0.39 is 0 Å². The van der Waals surface area contributed by atoms with Gasteiger partial charge in [0, 0.05) is 43.6 Å². The molecule has 3 heterocycles. The Morgan fingerprint density at radius 2 is 2.33 bits per heavy atom. The summed E-state index contributed by atoms with van der Waals surface area (Å²) in [6, 6.07) is 3.89. The van der Waals surface area contributed by atoms with Crippen LogP contribution in [0, 0.1) is 4.64 Å². The lowest BCUT2D eigenvalue weighted by atomic mass is 10.1. The second kappa shape index (κ2) is 5.04. The van der Waals surface area contributed by atoms with Crippen LogP contribution in [0.2, 0.25) is 0 Å². The number of aromatic nitrogens is 2. The van der Waals surface area contributed by atoms with Gasteiger partial charge in [-0.1, -0.05) is 12.2 Å². The Kier molecular flexibility index (Phi) is 3.25. The molecule has 2 N–H and O–H groups in total. The van der Waals surface area contributed by atoms with Crippen molar-refractivity contribution in [2.24, 2.45) is 0 Å². The third kappa shape index (κ3) is 2.37. The molecular formula is C13H15N3OS. The minimum absolute atomic E-state index is 0.727. The van der Waals surface area contributed by atoms with E-state index in [1.807, 2.05) is 12.1 Å². The van der Waals surface area contributed by atoms with Crippen LogP contribution in [-0.2, 0) is 25.8 Å². The highest BCUT2D eigenvalue weighted by Crippen LogP contribution is 2.13. The fourth-order valence-corrected chi connectivity index (χ4v) is 2.54. The minimum atomic E-state index is 0.727. The molecule has 0 atom stereocenters. The number of H-pyrrole nitrogens is 1. The molecule has 2 aromatic heterocycles. The first-order valence-corrected chi connectivity index (χ1v) is 6.58. The highest BCUT2D eigenvalue weighted by molar-refractivity contribution is 7.71. The van der Waals surface area contributed by atoms with Gasteiger partial charge in [0.2, 0.25) is 0 Å². The van der Waals surface area contributed by atoms with E-state index >= 15 is 0 Å². The van der Waals surface area contributed by atoms with E-state index in [1.165, 1.54) is 5.69 Å². The molecule has 18 heavy (non-hydrogen) atoms. The lowest BCUT2D eigenvalue weighted by Gasteiger charge is -2.17. The number of hydrogen-bond donors (Lipinski definition) is 2. The van der Waals surface area contributed by atoms with Gasteiger partial charge in [-0.25, -0.2) is 4.98 Å². The molecule has 94 valence electrons. The van der Waals surface area contributed by atoms with Gasteiger partial charge in [-0.05, 0) is 12.1 Å². The van der Waals surface area contributed by atoms with Gasteiger partial charge in [-0.2, -0.15) is 0 Å². The van der Waals surface area contributed by atoms with Crippen molar-refractivity contribution in [1.29, 1.82) is 0 Å². The predicted molar refractivity (Wildman–Crippen MR) is 70.9 cm³/mol.